The van der Waals surface area contributed by atoms with Crippen molar-refractivity contribution in [1.29, 1.82) is 5.26 Å². The van der Waals surface area contributed by atoms with E-state index in [2.05, 4.69) is 21.2 Å². The largest absolute Gasteiger partial charge is 0.324 e. The molecule has 1 unspecified atom stereocenters. The van der Waals surface area contributed by atoms with Crippen molar-refractivity contribution in [1.82, 2.24) is 0 Å². The number of carbonyl (C=O) groups is 1. The summed E-state index contributed by atoms with van der Waals surface area (Å²) < 4.78 is 0.917. The Kier molecular flexibility index (Phi) is 3.63. The Morgan fingerprint density at radius 2 is 2.07 bits per heavy atom. The standard InChI is InChI=1S/C9H8BrN3O/c10-6-1-3-7(4-2-6)13-9(14)8(12)5-11/h1-4,8H,12H2,(H,13,14). The van der Waals surface area contributed by atoms with Gasteiger partial charge in [-0.1, -0.05) is 15.9 Å². The Labute approximate surface area is 89.8 Å². The van der Waals surface area contributed by atoms with Gasteiger partial charge in [-0.25, -0.2) is 0 Å². The number of hydrogen-bond donors (Lipinski definition) is 2. The van der Waals surface area contributed by atoms with Crippen molar-refractivity contribution in [3.05, 3.63) is 28.7 Å². The average molecular weight is 254 g/mol. The van der Waals surface area contributed by atoms with E-state index in [9.17, 15) is 4.79 Å². The molecular formula is C9H8BrN3O. The number of nitrogens with one attached hydrogen (secondary N) is 1. The van der Waals surface area contributed by atoms with E-state index in [-0.39, 0.29) is 0 Å². The highest BCUT2D eigenvalue weighted by molar-refractivity contribution is 9.10. The third-order valence-corrected chi connectivity index (χ3v) is 2.06. The highest BCUT2D eigenvalue weighted by Gasteiger charge is 2.11. The predicted molar refractivity (Wildman–Crippen MR) is 56.4 cm³/mol. The summed E-state index contributed by atoms with van der Waals surface area (Å²) in [6, 6.07) is 7.53. The van der Waals surface area contributed by atoms with E-state index in [1.54, 1.807) is 30.3 Å². The first-order valence-electron chi connectivity index (χ1n) is 3.85. The maximum absolute atomic E-state index is 11.2. The second kappa shape index (κ2) is 4.74. The Morgan fingerprint density at radius 1 is 1.50 bits per heavy atom. The number of nitriles is 1. The molecule has 1 aromatic rings. The van der Waals surface area contributed by atoms with Gasteiger partial charge in [-0.05, 0) is 24.3 Å². The molecule has 1 amide bonds. The smallest absolute Gasteiger partial charge is 0.255 e. The number of amides is 1. The molecule has 0 aromatic heterocycles. The average Bonchev–Trinajstić information content (AvgIpc) is 2.20. The topological polar surface area (TPSA) is 78.9 Å². The molecule has 0 aliphatic rings. The first-order valence-corrected chi connectivity index (χ1v) is 4.64. The van der Waals surface area contributed by atoms with E-state index in [1.165, 1.54) is 0 Å². The third-order valence-electron chi connectivity index (χ3n) is 1.53. The molecule has 5 heteroatoms. The summed E-state index contributed by atoms with van der Waals surface area (Å²) in [6.45, 7) is 0. The van der Waals surface area contributed by atoms with Gasteiger partial charge in [0.05, 0.1) is 6.07 Å². The monoisotopic (exact) mass is 253 g/mol. The van der Waals surface area contributed by atoms with Gasteiger partial charge in [-0.15, -0.1) is 0 Å². The highest BCUT2D eigenvalue weighted by Crippen LogP contribution is 2.13. The van der Waals surface area contributed by atoms with Gasteiger partial charge in [0.2, 0.25) is 0 Å². The van der Waals surface area contributed by atoms with Crippen LogP contribution in [-0.4, -0.2) is 11.9 Å². The second-order valence-electron chi connectivity index (χ2n) is 2.60. The van der Waals surface area contributed by atoms with Gasteiger partial charge in [0.1, 0.15) is 0 Å². The molecule has 0 heterocycles. The maximum atomic E-state index is 11.2. The van der Waals surface area contributed by atoms with Crippen LogP contribution in [0.15, 0.2) is 28.7 Å². The molecule has 0 aliphatic carbocycles. The van der Waals surface area contributed by atoms with Crippen LogP contribution in [0.4, 0.5) is 5.69 Å². The number of nitrogens with two attached hydrogens (primary N) is 1. The van der Waals surface area contributed by atoms with Crippen molar-refractivity contribution >= 4 is 27.5 Å². The minimum absolute atomic E-state index is 0.505. The number of nitrogens with zero attached hydrogens (tertiary/aromatic N) is 1. The first-order chi connectivity index (χ1) is 6.63. The summed E-state index contributed by atoms with van der Waals surface area (Å²) in [4.78, 5) is 11.2. The molecule has 0 fully saturated rings. The van der Waals surface area contributed by atoms with Crippen molar-refractivity contribution < 1.29 is 4.79 Å². The Hall–Kier alpha value is -1.38. The van der Waals surface area contributed by atoms with Crippen molar-refractivity contribution in [2.45, 2.75) is 6.04 Å². The number of halogens is 1. The quantitative estimate of drug-likeness (QED) is 0.833. The zero-order valence-electron chi connectivity index (χ0n) is 7.20. The number of anilines is 1. The summed E-state index contributed by atoms with van der Waals surface area (Å²) in [5, 5.41) is 10.9. The first kappa shape index (κ1) is 10.7. The van der Waals surface area contributed by atoms with Gasteiger partial charge in [0.15, 0.2) is 6.04 Å². The third kappa shape index (κ3) is 2.83. The van der Waals surface area contributed by atoms with E-state index in [1.807, 2.05) is 0 Å². The Balaban J connectivity index is 2.66. The summed E-state index contributed by atoms with van der Waals surface area (Å²) in [7, 11) is 0. The van der Waals surface area contributed by atoms with Crippen molar-refractivity contribution in [2.75, 3.05) is 5.32 Å². The summed E-state index contributed by atoms with van der Waals surface area (Å²) in [6.07, 6.45) is 0. The molecule has 72 valence electrons. The normalized spacial score (nSPS) is 11.5. The number of benzene rings is 1. The van der Waals surface area contributed by atoms with Crippen LogP contribution in [0.25, 0.3) is 0 Å². The molecular weight excluding hydrogens is 246 g/mol. The van der Waals surface area contributed by atoms with Crippen LogP contribution in [0.1, 0.15) is 0 Å². The van der Waals surface area contributed by atoms with E-state index < -0.39 is 11.9 Å². The Bertz CT molecular complexity index is 369. The van der Waals surface area contributed by atoms with Gasteiger partial charge in [-0.3, -0.25) is 4.79 Å². The minimum atomic E-state index is -1.13. The SMILES string of the molecule is N#CC(N)C(=O)Nc1ccc(Br)cc1. The lowest BCUT2D eigenvalue weighted by Gasteiger charge is -2.05. The fraction of sp³-hybridized carbons (Fsp3) is 0.111. The fourth-order valence-electron chi connectivity index (χ4n) is 0.812. The van der Waals surface area contributed by atoms with Crippen molar-refractivity contribution in [2.24, 2.45) is 5.73 Å². The number of carbonyl (C=O) groups excluding carboxylic acids is 1. The molecule has 0 saturated heterocycles. The van der Waals surface area contributed by atoms with Gasteiger partial charge in [0, 0.05) is 10.2 Å². The van der Waals surface area contributed by atoms with Crippen LogP contribution in [-0.2, 0) is 4.79 Å². The molecule has 1 rings (SSSR count). The Morgan fingerprint density at radius 3 is 2.57 bits per heavy atom. The molecule has 14 heavy (non-hydrogen) atoms. The van der Waals surface area contributed by atoms with Crippen LogP contribution in [0.2, 0.25) is 0 Å². The van der Waals surface area contributed by atoms with Crippen LogP contribution >= 0.6 is 15.9 Å². The molecule has 4 nitrogen and oxygen atoms in total. The molecule has 0 aliphatic heterocycles. The van der Waals surface area contributed by atoms with Gasteiger partial charge in [-0.2, -0.15) is 5.26 Å². The zero-order valence-corrected chi connectivity index (χ0v) is 8.78. The van der Waals surface area contributed by atoms with Crippen LogP contribution in [0.5, 0.6) is 0 Å². The van der Waals surface area contributed by atoms with Gasteiger partial charge >= 0.3 is 0 Å². The van der Waals surface area contributed by atoms with E-state index in [4.69, 9.17) is 11.0 Å². The molecule has 1 aromatic carbocycles. The molecule has 0 spiro atoms. The van der Waals surface area contributed by atoms with Gasteiger partial charge < -0.3 is 11.1 Å². The van der Waals surface area contributed by atoms with Crippen LogP contribution < -0.4 is 11.1 Å². The fourth-order valence-corrected chi connectivity index (χ4v) is 1.08. The van der Waals surface area contributed by atoms with Crippen LogP contribution in [0, 0.1) is 11.3 Å². The summed E-state index contributed by atoms with van der Waals surface area (Å²) in [5.74, 6) is -0.505. The number of rotatable bonds is 2. The summed E-state index contributed by atoms with van der Waals surface area (Å²) >= 11 is 3.26. The maximum Gasteiger partial charge on any atom is 0.255 e. The molecule has 0 bridgehead atoms. The van der Waals surface area contributed by atoms with E-state index in [0.717, 1.165) is 4.47 Å². The lowest BCUT2D eigenvalue weighted by molar-refractivity contribution is -0.116. The van der Waals surface area contributed by atoms with Crippen molar-refractivity contribution in [3.8, 4) is 6.07 Å². The lowest BCUT2D eigenvalue weighted by Crippen LogP contribution is -2.33. The number of hydrogen-bond acceptors (Lipinski definition) is 3. The second-order valence-corrected chi connectivity index (χ2v) is 3.52. The minimum Gasteiger partial charge on any atom is -0.324 e. The lowest BCUT2D eigenvalue weighted by atomic mass is 10.3. The molecule has 0 radical (unpaired) electrons. The molecule has 3 N–H and O–H groups in total. The highest BCUT2D eigenvalue weighted by atomic mass is 79.9. The van der Waals surface area contributed by atoms with Crippen molar-refractivity contribution in [3.63, 3.8) is 0 Å². The van der Waals surface area contributed by atoms with E-state index >= 15 is 0 Å². The van der Waals surface area contributed by atoms with Crippen LogP contribution in [0.3, 0.4) is 0 Å². The van der Waals surface area contributed by atoms with E-state index in [0.29, 0.717) is 5.69 Å². The predicted octanol–water partition coefficient (Wildman–Crippen LogP) is 1.24. The summed E-state index contributed by atoms with van der Waals surface area (Å²) in [5.41, 5.74) is 5.83. The molecule has 1 atom stereocenters. The zero-order chi connectivity index (χ0) is 10.6. The molecule has 0 saturated carbocycles. The van der Waals surface area contributed by atoms with Gasteiger partial charge in [0.25, 0.3) is 5.91 Å².